The Labute approximate surface area is 181 Å². The van der Waals surface area contributed by atoms with Crippen LogP contribution in [0.2, 0.25) is 0 Å². The molecule has 1 aliphatic heterocycles. The maximum absolute atomic E-state index is 13.1. The molecule has 3 amide bonds. The van der Waals surface area contributed by atoms with Crippen LogP contribution >= 0.6 is 0 Å². The zero-order chi connectivity index (χ0) is 22.6. The summed E-state index contributed by atoms with van der Waals surface area (Å²) >= 11 is 0. The molecule has 1 aliphatic rings. The van der Waals surface area contributed by atoms with Gasteiger partial charge in [0.1, 0.15) is 17.8 Å². The van der Waals surface area contributed by atoms with Crippen molar-refractivity contribution in [1.82, 2.24) is 15.2 Å². The number of carbonyl (C=O) groups excluding carboxylic acids is 3. The second kappa shape index (κ2) is 8.99. The van der Waals surface area contributed by atoms with Crippen molar-refractivity contribution in [3.63, 3.8) is 0 Å². The van der Waals surface area contributed by atoms with Crippen LogP contribution in [0.3, 0.4) is 0 Å². The summed E-state index contributed by atoms with van der Waals surface area (Å²) in [5.41, 5.74) is 1.38. The first-order valence-corrected chi connectivity index (χ1v) is 9.95. The van der Waals surface area contributed by atoms with E-state index in [2.05, 4.69) is 22.2 Å². The number of pyridine rings is 1. The van der Waals surface area contributed by atoms with Crippen molar-refractivity contribution in [3.05, 3.63) is 66.0 Å². The van der Waals surface area contributed by atoms with Crippen LogP contribution in [0.5, 0.6) is 0 Å². The largest absolute Gasteiger partial charge is 0.444 e. The molecule has 8 nitrogen and oxygen atoms in total. The molecule has 2 aromatic rings. The van der Waals surface area contributed by atoms with Gasteiger partial charge in [-0.2, -0.15) is 0 Å². The van der Waals surface area contributed by atoms with Crippen LogP contribution in [0.25, 0.3) is 5.57 Å². The molecule has 1 aromatic carbocycles. The van der Waals surface area contributed by atoms with Gasteiger partial charge >= 0.3 is 6.09 Å². The predicted molar refractivity (Wildman–Crippen MR) is 117 cm³/mol. The molecule has 0 atom stereocenters. The third kappa shape index (κ3) is 4.91. The molecule has 3 rings (SSSR count). The molecule has 162 valence electrons. The zero-order valence-electron chi connectivity index (χ0n) is 17.9. The average Bonchev–Trinajstić information content (AvgIpc) is 2.74. The van der Waals surface area contributed by atoms with Crippen molar-refractivity contribution in [2.45, 2.75) is 32.9 Å². The third-order valence-electron chi connectivity index (χ3n) is 5.06. The Morgan fingerprint density at radius 3 is 2.61 bits per heavy atom. The first kappa shape index (κ1) is 22.0. The molecule has 1 aromatic heterocycles. The van der Waals surface area contributed by atoms with Crippen LogP contribution in [0, 0.1) is 0 Å². The number of carbonyl (C=O) groups is 3. The molecule has 2 N–H and O–H groups in total. The fourth-order valence-electron chi connectivity index (χ4n) is 3.27. The molecule has 0 bridgehead atoms. The monoisotopic (exact) mass is 422 g/mol. The molecule has 8 heteroatoms. The molecule has 0 aliphatic carbocycles. The average molecular weight is 422 g/mol. The summed E-state index contributed by atoms with van der Waals surface area (Å²) in [7, 11) is 0. The van der Waals surface area contributed by atoms with E-state index in [0.717, 1.165) is 5.56 Å². The number of aromatic nitrogens is 1. The Morgan fingerprint density at radius 2 is 1.94 bits per heavy atom. The Morgan fingerprint density at radius 1 is 1.23 bits per heavy atom. The number of rotatable bonds is 5. The van der Waals surface area contributed by atoms with Gasteiger partial charge in [-0.05, 0) is 44.0 Å². The Hall–Kier alpha value is -3.68. The van der Waals surface area contributed by atoms with Gasteiger partial charge < -0.3 is 15.0 Å². The minimum atomic E-state index is -0.988. The molecular weight excluding hydrogens is 396 g/mol. The minimum absolute atomic E-state index is 0.130. The van der Waals surface area contributed by atoms with Gasteiger partial charge in [0.25, 0.3) is 5.91 Å². The lowest BCUT2D eigenvalue weighted by Crippen LogP contribution is -2.63. The van der Waals surface area contributed by atoms with Crippen LogP contribution in [0.15, 0.2) is 49.0 Å². The van der Waals surface area contributed by atoms with E-state index < -0.39 is 11.6 Å². The van der Waals surface area contributed by atoms with Crippen LogP contribution in [0.4, 0.5) is 10.5 Å². The Balaban J connectivity index is 1.76. The van der Waals surface area contributed by atoms with Gasteiger partial charge in [-0.15, -0.1) is 0 Å². The molecule has 0 radical (unpaired) electrons. The fourth-order valence-corrected chi connectivity index (χ4v) is 3.27. The maximum atomic E-state index is 13.1. The molecule has 2 heterocycles. The maximum Gasteiger partial charge on any atom is 0.412 e. The van der Waals surface area contributed by atoms with E-state index in [4.69, 9.17) is 4.74 Å². The number of nitrogens with zero attached hydrogens (tertiary/aromatic N) is 2. The number of piperazine rings is 1. The van der Waals surface area contributed by atoms with Crippen LogP contribution in [-0.2, 0) is 16.1 Å². The van der Waals surface area contributed by atoms with E-state index in [0.29, 0.717) is 30.0 Å². The number of nitrogens with one attached hydrogen (secondary N) is 2. The first-order valence-electron chi connectivity index (χ1n) is 9.95. The lowest BCUT2D eigenvalue weighted by atomic mass is 9.98. The number of anilines is 1. The summed E-state index contributed by atoms with van der Waals surface area (Å²) in [6, 6.07) is 12.4. The number of ether oxygens (including phenoxy) is 1. The highest BCUT2D eigenvalue weighted by Gasteiger charge is 2.41. The SMILES string of the molecule is C=C(C)c1nc(C(=O)N2CCNC(=O)C2(C)C)ccc1NC(=O)OCc1ccccc1. The molecule has 0 saturated carbocycles. The summed E-state index contributed by atoms with van der Waals surface area (Å²) in [6.07, 6.45) is -0.638. The van der Waals surface area contributed by atoms with E-state index in [1.54, 1.807) is 26.8 Å². The smallest absolute Gasteiger partial charge is 0.412 e. The van der Waals surface area contributed by atoms with Gasteiger partial charge in [-0.25, -0.2) is 9.78 Å². The Bertz CT molecular complexity index is 1020. The molecule has 1 saturated heterocycles. The summed E-state index contributed by atoms with van der Waals surface area (Å²) in [6.45, 7) is 9.91. The molecule has 31 heavy (non-hydrogen) atoms. The van der Waals surface area contributed by atoms with Crippen LogP contribution in [0.1, 0.15) is 42.5 Å². The number of hydrogen-bond donors (Lipinski definition) is 2. The van der Waals surface area contributed by atoms with Crippen LogP contribution < -0.4 is 10.6 Å². The van der Waals surface area contributed by atoms with Crippen molar-refractivity contribution < 1.29 is 19.1 Å². The first-order chi connectivity index (χ1) is 14.7. The summed E-state index contributed by atoms with van der Waals surface area (Å²) in [5, 5.41) is 5.42. The standard InChI is InChI=1S/C23H26N4O4/c1-15(2)19-17(26-22(30)31-14-16-8-6-5-7-9-16)10-11-18(25-19)20(28)27-13-12-24-21(29)23(27,3)4/h5-11H,1,12-14H2,2-4H3,(H,24,29)(H,26,30). The summed E-state index contributed by atoms with van der Waals surface area (Å²) in [4.78, 5) is 43.4. The number of benzene rings is 1. The molecule has 1 fully saturated rings. The highest BCUT2D eigenvalue weighted by Crippen LogP contribution is 2.24. The highest BCUT2D eigenvalue weighted by molar-refractivity contribution is 5.99. The quantitative estimate of drug-likeness (QED) is 0.771. The number of hydrogen-bond acceptors (Lipinski definition) is 5. The number of allylic oxidation sites excluding steroid dienone is 1. The second-order valence-corrected chi connectivity index (χ2v) is 7.83. The van der Waals surface area contributed by atoms with Gasteiger partial charge in [0.15, 0.2) is 0 Å². The summed E-state index contributed by atoms with van der Waals surface area (Å²) < 4.78 is 5.25. The number of amides is 3. The molecule has 0 unspecified atom stereocenters. The normalized spacial score (nSPS) is 15.1. The van der Waals surface area contributed by atoms with E-state index >= 15 is 0 Å². The van der Waals surface area contributed by atoms with E-state index in [9.17, 15) is 14.4 Å². The molecule has 0 spiro atoms. The van der Waals surface area contributed by atoms with E-state index in [1.165, 1.54) is 11.0 Å². The van der Waals surface area contributed by atoms with Crippen molar-refractivity contribution in [1.29, 1.82) is 0 Å². The topological polar surface area (TPSA) is 101 Å². The lowest BCUT2D eigenvalue weighted by Gasteiger charge is -2.41. The van der Waals surface area contributed by atoms with Crippen molar-refractivity contribution in [3.8, 4) is 0 Å². The minimum Gasteiger partial charge on any atom is -0.444 e. The fraction of sp³-hybridized carbons (Fsp3) is 0.304. The summed E-state index contributed by atoms with van der Waals surface area (Å²) in [5.74, 6) is -0.577. The van der Waals surface area contributed by atoms with Gasteiger partial charge in [-0.3, -0.25) is 14.9 Å². The third-order valence-corrected chi connectivity index (χ3v) is 5.06. The zero-order valence-corrected chi connectivity index (χ0v) is 17.9. The van der Waals surface area contributed by atoms with Gasteiger partial charge in [0.2, 0.25) is 5.91 Å². The van der Waals surface area contributed by atoms with E-state index in [1.807, 2.05) is 30.3 Å². The van der Waals surface area contributed by atoms with E-state index in [-0.39, 0.29) is 24.1 Å². The van der Waals surface area contributed by atoms with Gasteiger partial charge in [0.05, 0.1) is 11.4 Å². The highest BCUT2D eigenvalue weighted by atomic mass is 16.5. The second-order valence-electron chi connectivity index (χ2n) is 7.83. The predicted octanol–water partition coefficient (Wildman–Crippen LogP) is 3.21. The van der Waals surface area contributed by atoms with Crippen molar-refractivity contribution in [2.75, 3.05) is 18.4 Å². The van der Waals surface area contributed by atoms with Crippen molar-refractivity contribution >= 4 is 29.2 Å². The Kier molecular flexibility index (Phi) is 6.39. The lowest BCUT2D eigenvalue weighted by molar-refractivity contribution is -0.133. The molecular formula is C23H26N4O4. The van der Waals surface area contributed by atoms with Crippen LogP contribution in [-0.4, -0.2) is 46.4 Å². The van der Waals surface area contributed by atoms with Gasteiger partial charge in [-0.1, -0.05) is 36.9 Å². The van der Waals surface area contributed by atoms with Gasteiger partial charge in [0, 0.05) is 13.1 Å². The van der Waals surface area contributed by atoms with Crippen molar-refractivity contribution in [2.24, 2.45) is 0 Å².